The number of rotatable bonds is 9. The van der Waals surface area contributed by atoms with Crippen LogP contribution < -0.4 is 4.74 Å². The molecule has 5 nitrogen and oxygen atoms in total. The summed E-state index contributed by atoms with van der Waals surface area (Å²) in [6.45, 7) is 18.7. The fourth-order valence-corrected chi connectivity index (χ4v) is 5.49. The van der Waals surface area contributed by atoms with Crippen LogP contribution in [0.2, 0.25) is 0 Å². The first-order valence-corrected chi connectivity index (χ1v) is 14.1. The molecule has 1 heterocycles. The number of carbonyl (C=O) groups excluding carboxylic acids is 1. The zero-order valence-corrected chi connectivity index (χ0v) is 27.1. The number of aromatic hydroxyl groups is 1. The number of benzene rings is 2. The summed E-state index contributed by atoms with van der Waals surface area (Å²) < 4.78 is 5.88. The third-order valence-electron chi connectivity index (χ3n) is 7.43. The molecule has 0 radical (unpaired) electrons. The highest BCUT2D eigenvalue weighted by molar-refractivity contribution is 8.93. The third-order valence-corrected chi connectivity index (χ3v) is 7.43. The molecule has 2 N–H and O–H groups in total. The Hall–Kier alpha value is -2.34. The molecule has 216 valence electrons. The number of phenolic OH excluding ortho intramolecular Hbond substituents is 1. The Morgan fingerprint density at radius 3 is 2.18 bits per heavy atom. The van der Waals surface area contributed by atoms with Gasteiger partial charge in [-0.3, -0.25) is 10.2 Å². The minimum atomic E-state index is -0.301. The van der Waals surface area contributed by atoms with E-state index in [1.165, 1.54) is 0 Å². The highest BCUT2D eigenvalue weighted by Gasteiger charge is 2.37. The lowest BCUT2D eigenvalue weighted by atomic mass is 9.78. The van der Waals surface area contributed by atoms with Gasteiger partial charge >= 0.3 is 0 Å². The van der Waals surface area contributed by atoms with Gasteiger partial charge in [-0.1, -0.05) is 67.0 Å². The highest BCUT2D eigenvalue weighted by atomic mass is 79.9. The van der Waals surface area contributed by atoms with Crippen molar-refractivity contribution >= 4 is 28.6 Å². The molecule has 0 unspecified atom stereocenters. The lowest BCUT2D eigenvalue weighted by Gasteiger charge is -2.29. The number of carbonyl (C=O) groups is 1. The Labute approximate surface area is 246 Å². The standard InChI is InChI=1S/C33H48N2O3.BrH/c1-10-12-25-17-24(15-22-13-11-14-26(16-22)38-21(2)3)31(34)35(25)20-29(36)23-18-27(32(4,5)6)30(37)28(19-23)33(7,8)9;/h11,13-14,16,18-19,21,24-25,34,37H,10,12,15,17,20H2,1-9H3;1H/t24-,25+;/m0./s1. The fourth-order valence-electron chi connectivity index (χ4n) is 5.49. The first-order valence-electron chi connectivity index (χ1n) is 14.1. The smallest absolute Gasteiger partial charge is 0.182 e. The van der Waals surface area contributed by atoms with Crippen molar-refractivity contribution in [3.8, 4) is 11.5 Å². The maximum atomic E-state index is 13.7. The predicted octanol–water partition coefficient (Wildman–Crippen LogP) is 8.25. The molecule has 1 fully saturated rings. The lowest BCUT2D eigenvalue weighted by Crippen LogP contribution is -2.38. The molecule has 3 rings (SSSR count). The maximum Gasteiger partial charge on any atom is 0.182 e. The highest BCUT2D eigenvalue weighted by Crippen LogP contribution is 2.40. The second kappa shape index (κ2) is 12.9. The van der Waals surface area contributed by atoms with Gasteiger partial charge in [-0.05, 0) is 73.8 Å². The van der Waals surface area contributed by atoms with Crippen LogP contribution in [0.25, 0.3) is 0 Å². The Balaban J connectivity index is 0.00000533. The minimum absolute atomic E-state index is 0. The molecule has 0 spiro atoms. The molecule has 1 aliphatic heterocycles. The van der Waals surface area contributed by atoms with E-state index in [9.17, 15) is 9.90 Å². The number of nitrogens with one attached hydrogen (secondary N) is 1. The van der Waals surface area contributed by atoms with Crippen LogP contribution >= 0.6 is 17.0 Å². The van der Waals surface area contributed by atoms with E-state index in [2.05, 4.69) is 60.6 Å². The Morgan fingerprint density at radius 1 is 1.08 bits per heavy atom. The van der Waals surface area contributed by atoms with E-state index in [0.717, 1.165) is 48.1 Å². The molecule has 0 aliphatic carbocycles. The topological polar surface area (TPSA) is 73.6 Å². The monoisotopic (exact) mass is 600 g/mol. The van der Waals surface area contributed by atoms with Crippen molar-refractivity contribution in [3.63, 3.8) is 0 Å². The van der Waals surface area contributed by atoms with Crippen LogP contribution in [0.4, 0.5) is 0 Å². The first-order chi connectivity index (χ1) is 17.6. The Bertz CT molecular complexity index is 1130. The van der Waals surface area contributed by atoms with Crippen molar-refractivity contribution in [2.75, 3.05) is 6.54 Å². The van der Waals surface area contributed by atoms with Crippen LogP contribution in [0.3, 0.4) is 0 Å². The summed E-state index contributed by atoms with van der Waals surface area (Å²) in [7, 11) is 0. The quantitative estimate of drug-likeness (QED) is 0.284. The molecule has 0 amide bonds. The zero-order chi connectivity index (χ0) is 28.4. The van der Waals surface area contributed by atoms with E-state index < -0.39 is 0 Å². The molecule has 6 heteroatoms. The molecule has 0 bridgehead atoms. The number of hydrogen-bond donors (Lipinski definition) is 2. The summed E-state index contributed by atoms with van der Waals surface area (Å²) in [5.41, 5.74) is 2.74. The lowest BCUT2D eigenvalue weighted by molar-refractivity contribution is 0.0950. The van der Waals surface area contributed by atoms with Crippen molar-refractivity contribution in [2.45, 2.75) is 111 Å². The molecule has 0 aromatic heterocycles. The second-order valence-electron chi connectivity index (χ2n) is 13.2. The van der Waals surface area contributed by atoms with Gasteiger partial charge in [0.05, 0.1) is 18.5 Å². The number of halogens is 1. The van der Waals surface area contributed by atoms with Crippen molar-refractivity contribution in [1.82, 2.24) is 4.90 Å². The second-order valence-corrected chi connectivity index (χ2v) is 13.2. The first kappa shape index (κ1) is 32.9. The number of phenols is 1. The predicted molar refractivity (Wildman–Crippen MR) is 167 cm³/mol. The molecule has 39 heavy (non-hydrogen) atoms. The summed E-state index contributed by atoms with van der Waals surface area (Å²) in [4.78, 5) is 15.8. The van der Waals surface area contributed by atoms with Gasteiger partial charge in [0.2, 0.25) is 0 Å². The number of hydrogen-bond acceptors (Lipinski definition) is 4. The van der Waals surface area contributed by atoms with Crippen LogP contribution in [0.1, 0.15) is 109 Å². The van der Waals surface area contributed by atoms with Crippen LogP contribution in [0, 0.1) is 11.3 Å². The summed E-state index contributed by atoms with van der Waals surface area (Å²) in [6.07, 6.45) is 3.72. The summed E-state index contributed by atoms with van der Waals surface area (Å²) in [5, 5.41) is 20.1. The van der Waals surface area contributed by atoms with E-state index in [-0.39, 0.29) is 64.0 Å². The van der Waals surface area contributed by atoms with Crippen molar-refractivity contribution in [3.05, 3.63) is 58.7 Å². The Morgan fingerprint density at radius 2 is 1.67 bits per heavy atom. The van der Waals surface area contributed by atoms with E-state index in [1.807, 2.05) is 43.0 Å². The number of ketones is 1. The van der Waals surface area contributed by atoms with Gasteiger partial charge in [-0.25, -0.2) is 0 Å². The third kappa shape index (κ3) is 8.09. The number of nitrogens with zero attached hydrogens (tertiary/aromatic N) is 1. The van der Waals surface area contributed by atoms with E-state index in [0.29, 0.717) is 11.4 Å². The van der Waals surface area contributed by atoms with Gasteiger partial charge in [0.15, 0.2) is 5.78 Å². The van der Waals surface area contributed by atoms with Gasteiger partial charge in [-0.15, -0.1) is 17.0 Å². The number of likely N-dealkylation sites (tertiary alicyclic amines) is 1. The van der Waals surface area contributed by atoms with Gasteiger partial charge < -0.3 is 14.7 Å². The van der Waals surface area contributed by atoms with Crippen LogP contribution in [-0.2, 0) is 17.3 Å². The molecule has 1 saturated heterocycles. The largest absolute Gasteiger partial charge is 0.507 e. The van der Waals surface area contributed by atoms with E-state index in [4.69, 9.17) is 10.1 Å². The van der Waals surface area contributed by atoms with Gasteiger partial charge in [0, 0.05) is 28.7 Å². The summed E-state index contributed by atoms with van der Waals surface area (Å²) in [5.74, 6) is 1.76. The minimum Gasteiger partial charge on any atom is -0.507 e. The van der Waals surface area contributed by atoms with Crippen LogP contribution in [0.15, 0.2) is 36.4 Å². The SMILES string of the molecule is Br.CCC[C@@H]1C[C@H](Cc2cccc(OC(C)C)c2)C(=N)N1CC(=O)c1cc(C(C)(C)C)c(O)c(C(C)(C)C)c1. The van der Waals surface area contributed by atoms with Gasteiger partial charge in [0.25, 0.3) is 0 Å². The molecular formula is C33H49BrN2O3. The molecule has 2 aromatic carbocycles. The van der Waals surface area contributed by atoms with E-state index in [1.54, 1.807) is 0 Å². The zero-order valence-electron chi connectivity index (χ0n) is 25.4. The number of Topliss-reactive ketones (excluding diaryl/α,β-unsaturated/α-hetero) is 1. The summed E-state index contributed by atoms with van der Waals surface area (Å²) >= 11 is 0. The molecule has 0 saturated carbocycles. The van der Waals surface area contributed by atoms with Gasteiger partial charge in [0.1, 0.15) is 11.5 Å². The van der Waals surface area contributed by atoms with Crippen molar-refractivity contribution in [2.24, 2.45) is 5.92 Å². The van der Waals surface area contributed by atoms with E-state index >= 15 is 0 Å². The normalized spacial score (nSPS) is 17.9. The number of ether oxygens (including phenoxy) is 1. The average molecular weight is 602 g/mol. The molecule has 2 atom stereocenters. The molecule has 2 aromatic rings. The fraction of sp³-hybridized carbons (Fsp3) is 0.576. The van der Waals surface area contributed by atoms with Gasteiger partial charge in [-0.2, -0.15) is 0 Å². The molecular weight excluding hydrogens is 552 g/mol. The van der Waals surface area contributed by atoms with Crippen LogP contribution in [-0.4, -0.2) is 40.3 Å². The molecule has 1 aliphatic rings. The average Bonchev–Trinajstić information content (AvgIpc) is 3.06. The number of amidine groups is 1. The summed E-state index contributed by atoms with van der Waals surface area (Å²) in [6, 6.07) is 12.1. The van der Waals surface area contributed by atoms with Crippen LogP contribution in [0.5, 0.6) is 11.5 Å². The van der Waals surface area contributed by atoms with Crippen molar-refractivity contribution < 1.29 is 14.6 Å². The Kier molecular flexibility index (Phi) is 10.9. The van der Waals surface area contributed by atoms with Crippen molar-refractivity contribution in [1.29, 1.82) is 5.41 Å². The maximum absolute atomic E-state index is 13.7.